The summed E-state index contributed by atoms with van der Waals surface area (Å²) in [5, 5.41) is 3.84. The van der Waals surface area contributed by atoms with Gasteiger partial charge in [-0.2, -0.15) is 0 Å². The van der Waals surface area contributed by atoms with E-state index in [0.717, 1.165) is 41.7 Å². The summed E-state index contributed by atoms with van der Waals surface area (Å²) in [5.74, 6) is 1.09. The van der Waals surface area contributed by atoms with Crippen LogP contribution >= 0.6 is 11.8 Å². The first-order valence-electron chi connectivity index (χ1n) is 8.83. The number of aromatic nitrogens is 2. The fraction of sp³-hybridized carbons (Fsp3) is 0.421. The Hall–Kier alpha value is -2.12. The molecule has 3 rings (SSSR count). The van der Waals surface area contributed by atoms with Crippen LogP contribution in [0.15, 0.2) is 52.6 Å². The van der Waals surface area contributed by atoms with Crippen LogP contribution in [0.4, 0.5) is 5.82 Å². The number of ether oxygens (including phenoxy) is 1. The van der Waals surface area contributed by atoms with Crippen LogP contribution in [-0.4, -0.2) is 49.2 Å². The maximum atomic E-state index is 12.2. The van der Waals surface area contributed by atoms with Crippen molar-refractivity contribution in [2.24, 2.45) is 5.92 Å². The van der Waals surface area contributed by atoms with Gasteiger partial charge in [0.1, 0.15) is 5.03 Å². The minimum absolute atomic E-state index is 0.0602. The topological polar surface area (TPSA) is 67.3 Å². The lowest BCUT2D eigenvalue weighted by molar-refractivity contribution is -0.125. The van der Waals surface area contributed by atoms with Crippen LogP contribution in [0.2, 0.25) is 0 Å². The summed E-state index contributed by atoms with van der Waals surface area (Å²) in [6, 6.07) is 10.2. The zero-order chi connectivity index (χ0) is 18.2. The number of anilines is 1. The Morgan fingerprint density at radius 3 is 2.69 bits per heavy atom. The van der Waals surface area contributed by atoms with Gasteiger partial charge in [0, 0.05) is 50.0 Å². The first kappa shape index (κ1) is 18.7. The summed E-state index contributed by atoms with van der Waals surface area (Å²) >= 11 is 1.62. The molecule has 2 heterocycles. The molecule has 0 spiro atoms. The molecule has 7 heteroatoms. The lowest BCUT2D eigenvalue weighted by Gasteiger charge is -2.32. The molecule has 1 saturated heterocycles. The van der Waals surface area contributed by atoms with Gasteiger partial charge in [-0.25, -0.2) is 9.97 Å². The predicted molar refractivity (Wildman–Crippen MR) is 102 cm³/mol. The normalized spacial score (nSPS) is 15.0. The smallest absolute Gasteiger partial charge is 0.223 e. The van der Waals surface area contributed by atoms with Crippen molar-refractivity contribution in [1.82, 2.24) is 15.3 Å². The number of hydrogen-bond acceptors (Lipinski definition) is 6. The second-order valence-corrected chi connectivity index (χ2v) is 7.21. The number of methoxy groups -OCH3 is 1. The highest BCUT2D eigenvalue weighted by atomic mass is 32.2. The van der Waals surface area contributed by atoms with Gasteiger partial charge in [-0.1, -0.05) is 30.0 Å². The van der Waals surface area contributed by atoms with Crippen LogP contribution in [0, 0.1) is 5.92 Å². The molecule has 0 aliphatic carbocycles. The van der Waals surface area contributed by atoms with Gasteiger partial charge in [-0.05, 0) is 25.0 Å². The number of carbonyl (C=O) groups is 1. The van der Waals surface area contributed by atoms with Crippen molar-refractivity contribution in [3.63, 3.8) is 0 Å². The molecule has 2 aromatic rings. The lowest BCUT2D eigenvalue weighted by atomic mass is 9.96. The first-order chi connectivity index (χ1) is 12.8. The second kappa shape index (κ2) is 9.54. The van der Waals surface area contributed by atoms with Gasteiger partial charge in [0.2, 0.25) is 5.91 Å². The van der Waals surface area contributed by atoms with Gasteiger partial charge < -0.3 is 15.0 Å². The molecule has 0 atom stereocenters. The maximum absolute atomic E-state index is 12.2. The van der Waals surface area contributed by atoms with E-state index < -0.39 is 0 Å². The van der Waals surface area contributed by atoms with Crippen LogP contribution in [0.3, 0.4) is 0 Å². The molecule has 1 amide bonds. The van der Waals surface area contributed by atoms with Crippen LogP contribution in [0.1, 0.15) is 12.8 Å². The summed E-state index contributed by atoms with van der Waals surface area (Å²) < 4.78 is 4.98. The Morgan fingerprint density at radius 1 is 1.23 bits per heavy atom. The quantitative estimate of drug-likeness (QED) is 0.754. The molecule has 1 aromatic heterocycles. The Kier molecular flexibility index (Phi) is 6.85. The van der Waals surface area contributed by atoms with Gasteiger partial charge in [-0.15, -0.1) is 0 Å². The van der Waals surface area contributed by atoms with E-state index in [2.05, 4.69) is 32.3 Å². The zero-order valence-corrected chi connectivity index (χ0v) is 15.7. The summed E-state index contributed by atoms with van der Waals surface area (Å²) in [5.41, 5.74) is 0. The zero-order valence-electron chi connectivity index (χ0n) is 14.9. The van der Waals surface area contributed by atoms with Crippen LogP contribution in [0.5, 0.6) is 0 Å². The minimum atomic E-state index is 0.0602. The highest BCUT2D eigenvalue weighted by Gasteiger charge is 2.26. The Balaban J connectivity index is 1.60. The van der Waals surface area contributed by atoms with E-state index in [-0.39, 0.29) is 11.8 Å². The Morgan fingerprint density at radius 2 is 1.96 bits per heavy atom. The highest BCUT2D eigenvalue weighted by molar-refractivity contribution is 7.99. The molecule has 0 saturated carbocycles. The molecule has 1 fully saturated rings. The molecular formula is C19H24N4O2S. The van der Waals surface area contributed by atoms with Gasteiger partial charge in [0.25, 0.3) is 0 Å². The second-order valence-electron chi connectivity index (χ2n) is 6.15. The summed E-state index contributed by atoms with van der Waals surface area (Å²) in [6.45, 7) is 2.73. The fourth-order valence-corrected chi connectivity index (χ4v) is 3.88. The third kappa shape index (κ3) is 4.95. The lowest BCUT2D eigenvalue weighted by Crippen LogP contribution is -2.41. The van der Waals surface area contributed by atoms with Crippen molar-refractivity contribution in [3.05, 3.63) is 42.7 Å². The Labute approximate surface area is 158 Å². The first-order valence-corrected chi connectivity index (χ1v) is 9.65. The van der Waals surface area contributed by atoms with E-state index in [1.165, 1.54) is 0 Å². The minimum Gasteiger partial charge on any atom is -0.383 e. The van der Waals surface area contributed by atoms with E-state index in [4.69, 9.17) is 4.74 Å². The molecule has 1 N–H and O–H groups in total. The van der Waals surface area contributed by atoms with Crippen molar-refractivity contribution >= 4 is 23.5 Å². The molecule has 138 valence electrons. The molecule has 0 radical (unpaired) electrons. The third-order valence-corrected chi connectivity index (χ3v) is 5.36. The summed E-state index contributed by atoms with van der Waals surface area (Å²) in [7, 11) is 1.64. The van der Waals surface area contributed by atoms with Crippen molar-refractivity contribution < 1.29 is 9.53 Å². The summed E-state index contributed by atoms with van der Waals surface area (Å²) in [6.07, 6.45) is 5.11. The number of benzene rings is 1. The average molecular weight is 372 g/mol. The number of hydrogen-bond donors (Lipinski definition) is 1. The molecular weight excluding hydrogens is 348 g/mol. The molecule has 1 aliphatic heterocycles. The van der Waals surface area contributed by atoms with Gasteiger partial charge >= 0.3 is 0 Å². The molecule has 6 nitrogen and oxygen atoms in total. The summed E-state index contributed by atoms with van der Waals surface area (Å²) in [4.78, 5) is 24.7. The van der Waals surface area contributed by atoms with Gasteiger partial charge in [-0.3, -0.25) is 4.79 Å². The van der Waals surface area contributed by atoms with Crippen LogP contribution in [-0.2, 0) is 9.53 Å². The van der Waals surface area contributed by atoms with Crippen LogP contribution < -0.4 is 10.2 Å². The van der Waals surface area contributed by atoms with E-state index >= 15 is 0 Å². The average Bonchev–Trinajstić information content (AvgIpc) is 2.69. The molecule has 1 aromatic carbocycles. The number of nitrogens with one attached hydrogen (secondary N) is 1. The van der Waals surface area contributed by atoms with Crippen LogP contribution in [0.25, 0.3) is 0 Å². The van der Waals surface area contributed by atoms with Crippen molar-refractivity contribution in [1.29, 1.82) is 0 Å². The molecule has 1 aliphatic rings. The standard InChI is InChI=1S/C19H24N4O2S/c1-25-14-11-21-18(24)15-7-12-23(13-8-15)17-19(22-10-9-20-17)26-16-5-3-2-4-6-16/h2-6,9-10,15H,7-8,11-14H2,1H3,(H,21,24). The molecule has 0 bridgehead atoms. The number of nitrogens with zero attached hydrogens (tertiary/aromatic N) is 3. The highest BCUT2D eigenvalue weighted by Crippen LogP contribution is 2.33. The van der Waals surface area contributed by atoms with Crippen molar-refractivity contribution in [2.45, 2.75) is 22.8 Å². The predicted octanol–water partition coefficient (Wildman–Crippen LogP) is 2.61. The number of amides is 1. The monoisotopic (exact) mass is 372 g/mol. The molecule has 26 heavy (non-hydrogen) atoms. The number of piperidine rings is 1. The van der Waals surface area contributed by atoms with E-state index in [1.807, 2.05) is 18.2 Å². The number of carbonyl (C=O) groups excluding carboxylic acids is 1. The maximum Gasteiger partial charge on any atom is 0.223 e. The van der Waals surface area contributed by atoms with Gasteiger partial charge in [0.15, 0.2) is 5.82 Å². The van der Waals surface area contributed by atoms with E-state index in [1.54, 1.807) is 31.3 Å². The SMILES string of the molecule is COCCNC(=O)C1CCN(c2nccnc2Sc2ccccc2)CC1. The van der Waals surface area contributed by atoms with Crippen molar-refractivity contribution in [2.75, 3.05) is 38.3 Å². The fourth-order valence-electron chi connectivity index (χ4n) is 2.98. The largest absolute Gasteiger partial charge is 0.383 e. The molecule has 0 unspecified atom stereocenters. The number of rotatable bonds is 7. The Bertz CT molecular complexity index is 706. The van der Waals surface area contributed by atoms with Gasteiger partial charge in [0.05, 0.1) is 6.61 Å². The van der Waals surface area contributed by atoms with E-state index in [0.29, 0.717) is 13.2 Å². The van der Waals surface area contributed by atoms with E-state index in [9.17, 15) is 4.79 Å². The van der Waals surface area contributed by atoms with Crippen molar-refractivity contribution in [3.8, 4) is 0 Å². The third-order valence-electron chi connectivity index (χ3n) is 4.37.